The molecule has 3 nitrogen and oxygen atoms in total. The number of carbonyl (C=O) groups is 1. The molecule has 0 rings (SSSR count). The van der Waals surface area contributed by atoms with E-state index in [4.69, 9.17) is 10.2 Å². The Morgan fingerprint density at radius 3 is 2.20 bits per heavy atom. The van der Waals surface area contributed by atoms with E-state index in [2.05, 4.69) is 6.08 Å². The maximum absolute atomic E-state index is 10.2. The summed E-state index contributed by atoms with van der Waals surface area (Å²) in [6.45, 7) is 0.301. The number of carboxylic acid groups (broad SMARTS) is 1. The standard InChI is InChI=1S/C12H22O3/c13-11-9-7-5-3-1-2-4-6-8-10-12(14)15/h4,6,13H,1-3,5,7-11H2,(H,14,15). The van der Waals surface area contributed by atoms with Gasteiger partial charge < -0.3 is 10.2 Å². The van der Waals surface area contributed by atoms with E-state index in [1.165, 1.54) is 12.8 Å². The summed E-state index contributed by atoms with van der Waals surface area (Å²) in [5, 5.41) is 16.9. The van der Waals surface area contributed by atoms with Crippen LogP contribution in [0.5, 0.6) is 0 Å². The summed E-state index contributed by atoms with van der Waals surface area (Å²) in [7, 11) is 0. The topological polar surface area (TPSA) is 57.5 Å². The molecule has 0 bridgehead atoms. The maximum Gasteiger partial charge on any atom is 0.303 e. The average molecular weight is 214 g/mol. The van der Waals surface area contributed by atoms with E-state index in [0.29, 0.717) is 13.0 Å². The van der Waals surface area contributed by atoms with Crippen LogP contribution in [0.1, 0.15) is 51.4 Å². The molecule has 0 fully saturated rings. The summed E-state index contributed by atoms with van der Waals surface area (Å²) in [4.78, 5) is 10.2. The van der Waals surface area contributed by atoms with Gasteiger partial charge in [0.2, 0.25) is 0 Å². The highest BCUT2D eigenvalue weighted by molar-refractivity contribution is 5.66. The van der Waals surface area contributed by atoms with Gasteiger partial charge in [-0.2, -0.15) is 0 Å². The lowest BCUT2D eigenvalue weighted by Gasteiger charge is -1.97. The first kappa shape index (κ1) is 14.2. The van der Waals surface area contributed by atoms with Crippen molar-refractivity contribution in [3.05, 3.63) is 12.2 Å². The van der Waals surface area contributed by atoms with E-state index in [1.807, 2.05) is 6.08 Å². The fourth-order valence-electron chi connectivity index (χ4n) is 1.35. The summed E-state index contributed by atoms with van der Waals surface area (Å²) < 4.78 is 0. The van der Waals surface area contributed by atoms with E-state index >= 15 is 0 Å². The van der Waals surface area contributed by atoms with Crippen molar-refractivity contribution in [2.24, 2.45) is 0 Å². The van der Waals surface area contributed by atoms with Gasteiger partial charge in [-0.3, -0.25) is 4.79 Å². The number of hydrogen-bond donors (Lipinski definition) is 2. The van der Waals surface area contributed by atoms with Crippen LogP contribution in [0.4, 0.5) is 0 Å². The minimum atomic E-state index is -0.733. The molecule has 0 amide bonds. The zero-order valence-corrected chi connectivity index (χ0v) is 9.32. The molecule has 0 atom stereocenters. The molecule has 0 aliphatic carbocycles. The molecule has 3 heteroatoms. The molecule has 0 spiro atoms. The Morgan fingerprint density at radius 1 is 0.933 bits per heavy atom. The van der Waals surface area contributed by atoms with Gasteiger partial charge in [-0.25, -0.2) is 0 Å². The monoisotopic (exact) mass is 214 g/mol. The van der Waals surface area contributed by atoms with Crippen LogP contribution in [0.25, 0.3) is 0 Å². The van der Waals surface area contributed by atoms with Crippen LogP contribution < -0.4 is 0 Å². The molecule has 0 unspecified atom stereocenters. The Balaban J connectivity index is 3.06. The quantitative estimate of drug-likeness (QED) is 0.434. The van der Waals surface area contributed by atoms with Crippen molar-refractivity contribution in [3.8, 4) is 0 Å². The zero-order valence-electron chi connectivity index (χ0n) is 9.32. The first-order valence-corrected chi connectivity index (χ1v) is 5.75. The lowest BCUT2D eigenvalue weighted by molar-refractivity contribution is -0.136. The highest BCUT2D eigenvalue weighted by Gasteiger charge is 1.91. The molecule has 0 aromatic heterocycles. The number of unbranched alkanes of at least 4 members (excludes halogenated alkanes) is 5. The van der Waals surface area contributed by atoms with Gasteiger partial charge in [0, 0.05) is 13.0 Å². The number of aliphatic hydroxyl groups is 1. The summed E-state index contributed by atoms with van der Waals surface area (Å²) >= 11 is 0. The SMILES string of the molecule is O=C(O)CCC=CCCCCCCCO. The van der Waals surface area contributed by atoms with Gasteiger partial charge >= 0.3 is 5.97 Å². The molecule has 0 radical (unpaired) electrons. The van der Waals surface area contributed by atoms with Crippen LogP contribution in [-0.2, 0) is 4.79 Å². The number of hydrogen-bond acceptors (Lipinski definition) is 2. The molecular weight excluding hydrogens is 192 g/mol. The van der Waals surface area contributed by atoms with Crippen molar-refractivity contribution in [3.63, 3.8) is 0 Å². The van der Waals surface area contributed by atoms with Crippen LogP contribution in [0.2, 0.25) is 0 Å². The van der Waals surface area contributed by atoms with Gasteiger partial charge in [0.05, 0.1) is 0 Å². The second-order valence-corrected chi connectivity index (χ2v) is 3.68. The Kier molecular flexibility index (Phi) is 10.6. The predicted molar refractivity (Wildman–Crippen MR) is 60.8 cm³/mol. The third kappa shape index (κ3) is 13.2. The first-order chi connectivity index (χ1) is 7.27. The first-order valence-electron chi connectivity index (χ1n) is 5.75. The number of aliphatic carboxylic acids is 1. The summed E-state index contributed by atoms with van der Waals surface area (Å²) in [6.07, 6.45) is 11.5. The Labute approximate surface area is 91.8 Å². The summed E-state index contributed by atoms with van der Waals surface area (Å²) in [6, 6.07) is 0. The van der Waals surface area contributed by atoms with Gasteiger partial charge in [-0.15, -0.1) is 0 Å². The summed E-state index contributed by atoms with van der Waals surface area (Å²) in [5.41, 5.74) is 0. The third-order valence-electron chi connectivity index (χ3n) is 2.22. The normalized spacial score (nSPS) is 11.0. The molecular formula is C12H22O3. The van der Waals surface area contributed by atoms with E-state index in [9.17, 15) is 4.79 Å². The minimum Gasteiger partial charge on any atom is -0.481 e. The lowest BCUT2D eigenvalue weighted by Crippen LogP contribution is -1.91. The molecule has 0 saturated carbocycles. The molecule has 0 aromatic rings. The van der Waals surface area contributed by atoms with Crippen molar-refractivity contribution < 1.29 is 15.0 Å². The van der Waals surface area contributed by atoms with Crippen LogP contribution >= 0.6 is 0 Å². The van der Waals surface area contributed by atoms with E-state index in [0.717, 1.165) is 25.7 Å². The Bertz CT molecular complexity index is 176. The van der Waals surface area contributed by atoms with Crippen molar-refractivity contribution >= 4 is 5.97 Å². The van der Waals surface area contributed by atoms with E-state index in [1.54, 1.807) is 0 Å². The fourth-order valence-corrected chi connectivity index (χ4v) is 1.35. The molecule has 0 aliphatic heterocycles. The van der Waals surface area contributed by atoms with Crippen molar-refractivity contribution in [1.82, 2.24) is 0 Å². The number of rotatable bonds is 10. The van der Waals surface area contributed by atoms with Crippen molar-refractivity contribution in [2.45, 2.75) is 51.4 Å². The van der Waals surface area contributed by atoms with Crippen LogP contribution in [0.15, 0.2) is 12.2 Å². The molecule has 88 valence electrons. The van der Waals surface area contributed by atoms with Crippen LogP contribution in [0, 0.1) is 0 Å². The zero-order chi connectivity index (χ0) is 11.4. The molecule has 2 N–H and O–H groups in total. The van der Waals surface area contributed by atoms with Crippen LogP contribution in [-0.4, -0.2) is 22.8 Å². The van der Waals surface area contributed by atoms with Gasteiger partial charge in [0.25, 0.3) is 0 Å². The highest BCUT2D eigenvalue weighted by Crippen LogP contribution is 2.05. The van der Waals surface area contributed by atoms with Crippen molar-refractivity contribution in [2.75, 3.05) is 6.61 Å². The van der Waals surface area contributed by atoms with Crippen LogP contribution in [0.3, 0.4) is 0 Å². The molecule has 15 heavy (non-hydrogen) atoms. The number of allylic oxidation sites excluding steroid dienone is 2. The molecule has 0 heterocycles. The minimum absolute atomic E-state index is 0.229. The second kappa shape index (κ2) is 11.2. The molecule has 0 saturated heterocycles. The van der Waals surface area contributed by atoms with E-state index < -0.39 is 5.97 Å². The van der Waals surface area contributed by atoms with Gasteiger partial charge in [-0.1, -0.05) is 31.4 Å². The average Bonchev–Trinajstić information content (AvgIpc) is 2.20. The number of carboxylic acids is 1. The summed E-state index contributed by atoms with van der Waals surface area (Å²) in [5.74, 6) is -0.733. The molecule has 0 aliphatic rings. The van der Waals surface area contributed by atoms with Gasteiger partial charge in [-0.05, 0) is 25.7 Å². The fraction of sp³-hybridized carbons (Fsp3) is 0.750. The van der Waals surface area contributed by atoms with Gasteiger partial charge in [0.15, 0.2) is 0 Å². The maximum atomic E-state index is 10.2. The molecule has 0 aromatic carbocycles. The number of aliphatic hydroxyl groups excluding tert-OH is 1. The predicted octanol–water partition coefficient (Wildman–Crippen LogP) is 2.74. The van der Waals surface area contributed by atoms with E-state index in [-0.39, 0.29) is 6.42 Å². The highest BCUT2D eigenvalue weighted by atomic mass is 16.4. The Morgan fingerprint density at radius 2 is 1.53 bits per heavy atom. The van der Waals surface area contributed by atoms with Gasteiger partial charge in [0.1, 0.15) is 0 Å². The van der Waals surface area contributed by atoms with Crippen molar-refractivity contribution in [1.29, 1.82) is 0 Å². The smallest absolute Gasteiger partial charge is 0.303 e. The largest absolute Gasteiger partial charge is 0.481 e. The third-order valence-corrected chi connectivity index (χ3v) is 2.22. The second-order valence-electron chi connectivity index (χ2n) is 3.68. The Hall–Kier alpha value is -0.830. The lowest BCUT2D eigenvalue weighted by atomic mass is 10.1.